The molecule has 4 heteroatoms. The Kier molecular flexibility index (Phi) is 5.15. The predicted molar refractivity (Wildman–Crippen MR) is 61.6 cm³/mol. The van der Waals surface area contributed by atoms with Crippen molar-refractivity contribution in [1.29, 1.82) is 0 Å². The van der Waals surface area contributed by atoms with E-state index in [-0.39, 0.29) is 5.91 Å². The molecule has 0 spiro atoms. The molecule has 0 bridgehead atoms. The Morgan fingerprint density at radius 1 is 1.27 bits per heavy atom. The number of rotatable bonds is 6. The second-order valence-electron chi connectivity index (χ2n) is 3.93. The molecule has 1 amide bonds. The zero-order valence-electron chi connectivity index (χ0n) is 9.75. The minimum absolute atomic E-state index is 0.0167. The van der Waals surface area contributed by atoms with Gasteiger partial charge in [0.15, 0.2) is 0 Å². The van der Waals surface area contributed by atoms with Crippen LogP contribution in [0.3, 0.4) is 0 Å². The molecule has 0 atom stereocenters. The monoisotopic (exact) mass is 211 g/mol. The van der Waals surface area contributed by atoms with Crippen LogP contribution in [0.2, 0.25) is 0 Å². The van der Waals surface area contributed by atoms with Crippen molar-refractivity contribution in [3.05, 3.63) is 0 Å². The molecule has 0 saturated carbocycles. The van der Waals surface area contributed by atoms with Gasteiger partial charge in [-0.3, -0.25) is 4.79 Å². The van der Waals surface area contributed by atoms with Crippen LogP contribution in [0.4, 0.5) is 0 Å². The number of nitrogens with one attached hydrogen (secondary N) is 1. The van der Waals surface area contributed by atoms with Crippen molar-refractivity contribution in [1.82, 2.24) is 10.3 Å². The van der Waals surface area contributed by atoms with E-state index in [2.05, 4.69) is 29.3 Å². The second kappa shape index (κ2) is 6.43. The van der Waals surface area contributed by atoms with Crippen LogP contribution in [-0.4, -0.2) is 29.7 Å². The standard InChI is InChI=1S/C11H21N3O/c1-3-5-7-14(8-6-4-2)10-9-11(15)13-12-10/h3-9H2,1-2H3,(H,13,15). The number of carbonyl (C=O) groups is 1. The Morgan fingerprint density at radius 2 is 1.87 bits per heavy atom. The summed E-state index contributed by atoms with van der Waals surface area (Å²) in [5.74, 6) is 0.935. The third-order valence-electron chi connectivity index (χ3n) is 2.56. The summed E-state index contributed by atoms with van der Waals surface area (Å²) < 4.78 is 0. The maximum atomic E-state index is 11.1. The molecule has 0 unspecified atom stereocenters. The van der Waals surface area contributed by atoms with Crippen molar-refractivity contribution in [2.75, 3.05) is 13.1 Å². The summed E-state index contributed by atoms with van der Waals surface area (Å²) in [6.45, 7) is 6.39. The van der Waals surface area contributed by atoms with E-state index in [1.807, 2.05) is 0 Å². The molecule has 0 radical (unpaired) electrons. The lowest BCUT2D eigenvalue weighted by Gasteiger charge is -2.23. The van der Waals surface area contributed by atoms with Gasteiger partial charge < -0.3 is 4.90 Å². The second-order valence-corrected chi connectivity index (χ2v) is 3.93. The van der Waals surface area contributed by atoms with Gasteiger partial charge in [0.2, 0.25) is 5.91 Å². The average Bonchev–Trinajstić information content (AvgIpc) is 2.65. The first-order valence-corrected chi connectivity index (χ1v) is 5.88. The highest BCUT2D eigenvalue weighted by Crippen LogP contribution is 2.06. The summed E-state index contributed by atoms with van der Waals surface area (Å²) in [6, 6.07) is 0. The van der Waals surface area contributed by atoms with Gasteiger partial charge in [-0.15, -0.1) is 0 Å². The number of nitrogens with zero attached hydrogens (tertiary/aromatic N) is 2. The average molecular weight is 211 g/mol. The molecule has 0 aliphatic carbocycles. The van der Waals surface area contributed by atoms with Gasteiger partial charge >= 0.3 is 0 Å². The molecular formula is C11H21N3O. The summed E-state index contributed by atoms with van der Waals surface area (Å²) in [7, 11) is 0. The molecule has 0 fully saturated rings. The zero-order valence-corrected chi connectivity index (χ0v) is 9.75. The zero-order chi connectivity index (χ0) is 11.1. The van der Waals surface area contributed by atoms with Crippen LogP contribution in [-0.2, 0) is 4.79 Å². The molecule has 1 N–H and O–H groups in total. The SMILES string of the molecule is CCCCN(CCCC)C1=NNC(=O)C1. The van der Waals surface area contributed by atoms with Crippen LogP contribution < -0.4 is 5.43 Å². The molecular weight excluding hydrogens is 190 g/mol. The number of hydrazone groups is 1. The van der Waals surface area contributed by atoms with E-state index < -0.39 is 0 Å². The first kappa shape index (κ1) is 12.0. The minimum atomic E-state index is 0.0167. The minimum Gasteiger partial charge on any atom is -0.358 e. The van der Waals surface area contributed by atoms with Crippen molar-refractivity contribution in [2.45, 2.75) is 46.0 Å². The predicted octanol–water partition coefficient (Wildman–Crippen LogP) is 1.72. The van der Waals surface area contributed by atoms with Crippen LogP contribution >= 0.6 is 0 Å². The topological polar surface area (TPSA) is 44.7 Å². The third-order valence-corrected chi connectivity index (χ3v) is 2.56. The maximum Gasteiger partial charge on any atom is 0.247 e. The number of carbonyl (C=O) groups excluding carboxylic acids is 1. The van der Waals surface area contributed by atoms with E-state index in [0.717, 1.165) is 31.8 Å². The van der Waals surface area contributed by atoms with Crippen molar-refractivity contribution in [2.24, 2.45) is 5.10 Å². The summed E-state index contributed by atoms with van der Waals surface area (Å²) >= 11 is 0. The number of hydrogen-bond acceptors (Lipinski definition) is 3. The summed E-state index contributed by atoms with van der Waals surface area (Å²) in [5, 5.41) is 4.07. The van der Waals surface area contributed by atoms with Crippen molar-refractivity contribution in [3.63, 3.8) is 0 Å². The molecule has 4 nitrogen and oxygen atoms in total. The molecule has 0 aromatic heterocycles. The Labute approximate surface area is 91.7 Å². The van der Waals surface area contributed by atoms with Gasteiger partial charge in [-0.2, -0.15) is 5.10 Å². The van der Waals surface area contributed by atoms with Crippen LogP contribution in [0.5, 0.6) is 0 Å². The first-order valence-electron chi connectivity index (χ1n) is 5.88. The molecule has 0 aromatic rings. The lowest BCUT2D eigenvalue weighted by molar-refractivity contribution is -0.119. The summed E-state index contributed by atoms with van der Waals surface area (Å²) in [5.41, 5.74) is 2.51. The lowest BCUT2D eigenvalue weighted by atomic mass is 10.2. The Bertz CT molecular complexity index is 230. The van der Waals surface area contributed by atoms with E-state index in [9.17, 15) is 4.79 Å². The van der Waals surface area contributed by atoms with Crippen LogP contribution in [0.15, 0.2) is 5.10 Å². The van der Waals surface area contributed by atoms with Gasteiger partial charge in [-0.05, 0) is 12.8 Å². The van der Waals surface area contributed by atoms with E-state index in [4.69, 9.17) is 0 Å². The number of hydrogen-bond donors (Lipinski definition) is 1. The van der Waals surface area contributed by atoms with Gasteiger partial charge in [-0.25, -0.2) is 5.43 Å². The summed E-state index contributed by atoms with van der Waals surface area (Å²) in [6.07, 6.45) is 5.13. The number of amidine groups is 1. The molecule has 1 aliphatic heterocycles. The van der Waals surface area contributed by atoms with Gasteiger partial charge in [0.25, 0.3) is 0 Å². The normalized spacial score (nSPS) is 15.1. The van der Waals surface area contributed by atoms with Crippen molar-refractivity contribution in [3.8, 4) is 0 Å². The number of unbranched alkanes of at least 4 members (excludes halogenated alkanes) is 2. The highest BCUT2D eigenvalue weighted by atomic mass is 16.2. The molecule has 1 heterocycles. The van der Waals surface area contributed by atoms with Crippen molar-refractivity contribution < 1.29 is 4.79 Å². The lowest BCUT2D eigenvalue weighted by Crippen LogP contribution is -2.32. The number of amides is 1. The van der Waals surface area contributed by atoms with Crippen LogP contribution in [0.25, 0.3) is 0 Å². The molecule has 0 aromatic carbocycles. The van der Waals surface area contributed by atoms with Gasteiger partial charge in [0, 0.05) is 13.1 Å². The van der Waals surface area contributed by atoms with E-state index in [1.54, 1.807) is 0 Å². The Morgan fingerprint density at radius 3 is 2.27 bits per heavy atom. The molecule has 1 rings (SSSR count). The Balaban J connectivity index is 2.43. The smallest absolute Gasteiger partial charge is 0.247 e. The highest BCUT2D eigenvalue weighted by Gasteiger charge is 2.19. The molecule has 15 heavy (non-hydrogen) atoms. The molecule has 0 saturated heterocycles. The first-order chi connectivity index (χ1) is 7.27. The summed E-state index contributed by atoms with van der Waals surface area (Å²) in [4.78, 5) is 13.3. The maximum absolute atomic E-state index is 11.1. The van der Waals surface area contributed by atoms with Gasteiger partial charge in [0.05, 0.1) is 6.42 Å². The highest BCUT2D eigenvalue weighted by molar-refractivity contribution is 6.03. The fourth-order valence-electron chi connectivity index (χ4n) is 1.60. The van der Waals surface area contributed by atoms with Gasteiger partial charge in [0.1, 0.15) is 5.84 Å². The van der Waals surface area contributed by atoms with E-state index in [0.29, 0.717) is 6.42 Å². The fraction of sp³-hybridized carbons (Fsp3) is 0.818. The van der Waals surface area contributed by atoms with E-state index >= 15 is 0 Å². The fourth-order valence-corrected chi connectivity index (χ4v) is 1.60. The molecule has 86 valence electrons. The van der Waals surface area contributed by atoms with Crippen LogP contribution in [0.1, 0.15) is 46.0 Å². The van der Waals surface area contributed by atoms with Crippen molar-refractivity contribution >= 4 is 11.7 Å². The van der Waals surface area contributed by atoms with Gasteiger partial charge in [-0.1, -0.05) is 26.7 Å². The Hall–Kier alpha value is -1.06. The quantitative estimate of drug-likeness (QED) is 0.727. The molecule has 1 aliphatic rings. The van der Waals surface area contributed by atoms with Crippen LogP contribution in [0, 0.1) is 0 Å². The van der Waals surface area contributed by atoms with E-state index in [1.165, 1.54) is 12.8 Å². The largest absolute Gasteiger partial charge is 0.358 e. The third kappa shape index (κ3) is 3.90.